The summed E-state index contributed by atoms with van der Waals surface area (Å²) in [5, 5.41) is 20.3. The first-order chi connectivity index (χ1) is 14.2. The van der Waals surface area contributed by atoms with Crippen molar-refractivity contribution in [1.29, 1.82) is 0 Å². The number of hydrogen-bond donors (Lipinski definition) is 2. The molecule has 2 N–H and O–H groups in total. The van der Waals surface area contributed by atoms with Gasteiger partial charge in [0.05, 0.1) is 26.4 Å². The molecule has 29 heavy (non-hydrogen) atoms. The van der Waals surface area contributed by atoms with E-state index in [4.69, 9.17) is 18.9 Å². The normalized spacial score (nSPS) is 26.9. The van der Waals surface area contributed by atoms with Crippen molar-refractivity contribution in [3.63, 3.8) is 0 Å². The summed E-state index contributed by atoms with van der Waals surface area (Å²) >= 11 is 0. The summed E-state index contributed by atoms with van der Waals surface area (Å²) in [6.07, 6.45) is -2.40. The van der Waals surface area contributed by atoms with E-state index < -0.39 is 30.7 Å². The topological polar surface area (TPSA) is 77.4 Å². The van der Waals surface area contributed by atoms with E-state index in [1.165, 1.54) is 0 Å². The molecule has 6 nitrogen and oxygen atoms in total. The quantitative estimate of drug-likeness (QED) is 0.597. The maximum Gasteiger partial charge on any atom is 0.184 e. The standard InChI is InChI=1S/C23H28O6/c1-2-13-26-20-19(14-24)29-23(25)22(28-16-18-11-7-4-8-12-18)21(20)27-15-17-9-5-3-6-10-17/h2-12,19-25H,1,13-16H2/t19-,20-,21+,22-,23+/m1/s1. The van der Waals surface area contributed by atoms with Gasteiger partial charge in [0, 0.05) is 0 Å². The molecule has 6 heteroatoms. The van der Waals surface area contributed by atoms with Gasteiger partial charge in [-0.1, -0.05) is 66.7 Å². The van der Waals surface area contributed by atoms with Crippen LogP contribution in [-0.2, 0) is 32.2 Å². The molecule has 0 unspecified atom stereocenters. The van der Waals surface area contributed by atoms with Crippen LogP contribution in [0.4, 0.5) is 0 Å². The maximum absolute atomic E-state index is 10.5. The highest BCUT2D eigenvalue weighted by atomic mass is 16.7. The molecule has 0 bridgehead atoms. The van der Waals surface area contributed by atoms with E-state index in [1.807, 2.05) is 60.7 Å². The Morgan fingerprint density at radius 3 is 1.90 bits per heavy atom. The first-order valence-electron chi connectivity index (χ1n) is 9.71. The Morgan fingerprint density at radius 2 is 1.38 bits per heavy atom. The molecule has 0 spiro atoms. The molecule has 1 fully saturated rings. The molecule has 3 rings (SSSR count). The Hall–Kier alpha value is -2.06. The molecule has 0 aliphatic carbocycles. The molecule has 1 heterocycles. The van der Waals surface area contributed by atoms with Crippen LogP contribution < -0.4 is 0 Å². The fraction of sp³-hybridized carbons (Fsp3) is 0.391. The van der Waals surface area contributed by atoms with E-state index in [0.717, 1.165) is 11.1 Å². The molecule has 156 valence electrons. The third-order valence-electron chi connectivity index (χ3n) is 4.77. The minimum absolute atomic E-state index is 0.261. The number of rotatable bonds is 10. The third kappa shape index (κ3) is 5.96. The fourth-order valence-corrected chi connectivity index (χ4v) is 3.32. The Kier molecular flexibility index (Phi) is 8.37. The number of hydrogen-bond acceptors (Lipinski definition) is 6. The van der Waals surface area contributed by atoms with E-state index in [9.17, 15) is 10.2 Å². The van der Waals surface area contributed by atoms with Gasteiger partial charge in [0.1, 0.15) is 24.4 Å². The van der Waals surface area contributed by atoms with Crippen molar-refractivity contribution in [3.8, 4) is 0 Å². The molecular formula is C23H28O6. The lowest BCUT2D eigenvalue weighted by atomic mass is 9.98. The van der Waals surface area contributed by atoms with E-state index in [-0.39, 0.29) is 19.8 Å². The Bertz CT molecular complexity index is 723. The van der Waals surface area contributed by atoms with Gasteiger partial charge in [-0.15, -0.1) is 6.58 Å². The van der Waals surface area contributed by atoms with E-state index in [1.54, 1.807) is 6.08 Å². The average Bonchev–Trinajstić information content (AvgIpc) is 2.77. The first-order valence-corrected chi connectivity index (χ1v) is 9.71. The predicted octanol–water partition coefficient (Wildman–Crippen LogP) is 2.44. The van der Waals surface area contributed by atoms with Crippen LogP contribution in [0.5, 0.6) is 0 Å². The molecular weight excluding hydrogens is 372 g/mol. The molecule has 1 saturated heterocycles. The van der Waals surface area contributed by atoms with Gasteiger partial charge < -0.3 is 29.2 Å². The molecule has 1 aliphatic heterocycles. The molecule has 2 aromatic rings. The van der Waals surface area contributed by atoms with Crippen molar-refractivity contribution in [2.24, 2.45) is 0 Å². The van der Waals surface area contributed by atoms with Crippen molar-refractivity contribution < 1.29 is 29.2 Å². The molecule has 0 aromatic heterocycles. The average molecular weight is 400 g/mol. The monoisotopic (exact) mass is 400 g/mol. The van der Waals surface area contributed by atoms with Crippen LogP contribution in [0.1, 0.15) is 11.1 Å². The van der Waals surface area contributed by atoms with Gasteiger partial charge in [-0.05, 0) is 11.1 Å². The molecule has 2 aromatic carbocycles. The summed E-state index contributed by atoms with van der Waals surface area (Å²) < 4.78 is 23.6. The molecule has 5 atom stereocenters. The second kappa shape index (κ2) is 11.2. The van der Waals surface area contributed by atoms with Crippen molar-refractivity contribution in [2.75, 3.05) is 13.2 Å². The Labute approximate surface area is 171 Å². The number of aliphatic hydroxyl groups excluding tert-OH is 2. The summed E-state index contributed by atoms with van der Waals surface area (Å²) in [4.78, 5) is 0. The number of aliphatic hydroxyl groups is 2. The van der Waals surface area contributed by atoms with Gasteiger partial charge >= 0.3 is 0 Å². The summed E-state index contributed by atoms with van der Waals surface area (Å²) in [6, 6.07) is 19.4. The predicted molar refractivity (Wildman–Crippen MR) is 108 cm³/mol. The molecule has 1 aliphatic rings. The number of benzene rings is 2. The van der Waals surface area contributed by atoms with Crippen LogP contribution in [0.2, 0.25) is 0 Å². The minimum atomic E-state index is -1.25. The van der Waals surface area contributed by atoms with Crippen LogP contribution in [0.3, 0.4) is 0 Å². The van der Waals surface area contributed by atoms with Crippen LogP contribution >= 0.6 is 0 Å². The number of ether oxygens (including phenoxy) is 4. The second-order valence-electron chi connectivity index (χ2n) is 6.86. The highest BCUT2D eigenvalue weighted by Crippen LogP contribution is 2.28. The molecule has 0 amide bonds. The Morgan fingerprint density at radius 1 is 0.828 bits per heavy atom. The van der Waals surface area contributed by atoms with Crippen LogP contribution in [0.15, 0.2) is 73.3 Å². The van der Waals surface area contributed by atoms with Crippen LogP contribution in [0.25, 0.3) is 0 Å². The van der Waals surface area contributed by atoms with Gasteiger partial charge in [-0.25, -0.2) is 0 Å². The largest absolute Gasteiger partial charge is 0.394 e. The smallest absolute Gasteiger partial charge is 0.184 e. The van der Waals surface area contributed by atoms with E-state index in [0.29, 0.717) is 6.61 Å². The fourth-order valence-electron chi connectivity index (χ4n) is 3.32. The van der Waals surface area contributed by atoms with Crippen molar-refractivity contribution in [3.05, 3.63) is 84.4 Å². The highest BCUT2D eigenvalue weighted by molar-refractivity contribution is 5.14. The van der Waals surface area contributed by atoms with Crippen molar-refractivity contribution in [2.45, 2.75) is 43.9 Å². The van der Waals surface area contributed by atoms with Gasteiger partial charge in [0.2, 0.25) is 0 Å². The van der Waals surface area contributed by atoms with Crippen LogP contribution in [-0.4, -0.2) is 54.1 Å². The molecule has 0 radical (unpaired) electrons. The van der Waals surface area contributed by atoms with Crippen molar-refractivity contribution in [1.82, 2.24) is 0 Å². The van der Waals surface area contributed by atoms with E-state index in [2.05, 4.69) is 6.58 Å². The van der Waals surface area contributed by atoms with Gasteiger partial charge in [0.15, 0.2) is 6.29 Å². The summed E-state index contributed by atoms with van der Waals surface area (Å²) in [5.74, 6) is 0. The molecule has 0 saturated carbocycles. The maximum atomic E-state index is 10.5. The SMILES string of the molecule is C=CCO[C@H]1[C@H](OCc2ccccc2)[C@@H](OCc2ccccc2)[C@@H](O)O[C@@H]1CO. The van der Waals surface area contributed by atoms with Crippen molar-refractivity contribution >= 4 is 0 Å². The zero-order valence-electron chi connectivity index (χ0n) is 16.3. The van der Waals surface area contributed by atoms with Gasteiger partial charge in [-0.2, -0.15) is 0 Å². The third-order valence-corrected chi connectivity index (χ3v) is 4.77. The second-order valence-corrected chi connectivity index (χ2v) is 6.86. The van der Waals surface area contributed by atoms with E-state index >= 15 is 0 Å². The summed E-state index contributed by atoms with van der Waals surface area (Å²) in [5.41, 5.74) is 1.95. The lowest BCUT2D eigenvalue weighted by Gasteiger charge is -2.44. The van der Waals surface area contributed by atoms with Crippen LogP contribution in [0, 0.1) is 0 Å². The summed E-state index contributed by atoms with van der Waals surface area (Å²) in [6.45, 7) is 4.23. The first kappa shape index (κ1) is 21.6. The van der Waals surface area contributed by atoms with Gasteiger partial charge in [-0.3, -0.25) is 0 Å². The lowest BCUT2D eigenvalue weighted by Crippen LogP contribution is -2.61. The zero-order valence-corrected chi connectivity index (χ0v) is 16.3. The van der Waals surface area contributed by atoms with Gasteiger partial charge in [0.25, 0.3) is 0 Å². The zero-order chi connectivity index (χ0) is 20.5. The minimum Gasteiger partial charge on any atom is -0.394 e. The Balaban J connectivity index is 1.77. The highest BCUT2D eigenvalue weighted by Gasteiger charge is 2.47. The lowest BCUT2D eigenvalue weighted by molar-refractivity contribution is -0.312. The summed E-state index contributed by atoms with van der Waals surface area (Å²) in [7, 11) is 0.